The van der Waals surface area contributed by atoms with Crippen LogP contribution in [0.25, 0.3) is 10.4 Å². The van der Waals surface area contributed by atoms with Crippen molar-refractivity contribution in [1.82, 2.24) is 4.57 Å². The summed E-state index contributed by atoms with van der Waals surface area (Å²) in [6.07, 6.45) is 2.49. The predicted molar refractivity (Wildman–Crippen MR) is 54.4 cm³/mol. The Morgan fingerprint density at radius 2 is 2.53 bits per heavy atom. The molecule has 6 heteroatoms. The zero-order valence-corrected chi connectivity index (χ0v) is 8.46. The highest BCUT2D eigenvalue weighted by atomic mass is 16.5. The summed E-state index contributed by atoms with van der Waals surface area (Å²) in [5, 5.41) is 3.42. The molecule has 6 nitrogen and oxygen atoms in total. The number of rotatable bonds is 5. The largest absolute Gasteiger partial charge is 0.464 e. The van der Waals surface area contributed by atoms with Crippen LogP contribution in [-0.2, 0) is 11.3 Å². The summed E-state index contributed by atoms with van der Waals surface area (Å²) in [6, 6.07) is 3.47. The van der Waals surface area contributed by atoms with Gasteiger partial charge in [-0.05, 0) is 24.1 Å². The SMILES string of the molecule is COC(=O)c1cccn1CCCN=[N+]=[N-]. The van der Waals surface area contributed by atoms with Crippen LogP contribution >= 0.6 is 0 Å². The average molecular weight is 208 g/mol. The molecule has 0 saturated carbocycles. The first-order valence-corrected chi connectivity index (χ1v) is 4.54. The van der Waals surface area contributed by atoms with Crippen molar-refractivity contribution in [2.45, 2.75) is 13.0 Å². The Bertz CT molecular complexity index is 379. The van der Waals surface area contributed by atoms with Crippen LogP contribution in [0.15, 0.2) is 23.4 Å². The van der Waals surface area contributed by atoms with Gasteiger partial charge in [0.2, 0.25) is 0 Å². The predicted octanol–water partition coefficient (Wildman–Crippen LogP) is 1.98. The van der Waals surface area contributed by atoms with Gasteiger partial charge in [-0.25, -0.2) is 4.79 Å². The number of aromatic nitrogens is 1. The van der Waals surface area contributed by atoms with E-state index in [9.17, 15) is 4.79 Å². The van der Waals surface area contributed by atoms with E-state index >= 15 is 0 Å². The molecule has 0 aliphatic rings. The van der Waals surface area contributed by atoms with E-state index in [1.807, 2.05) is 0 Å². The van der Waals surface area contributed by atoms with E-state index in [2.05, 4.69) is 14.8 Å². The molecule has 0 N–H and O–H groups in total. The van der Waals surface area contributed by atoms with Gasteiger partial charge >= 0.3 is 5.97 Å². The number of hydrogen-bond donors (Lipinski definition) is 0. The van der Waals surface area contributed by atoms with E-state index in [-0.39, 0.29) is 5.97 Å². The molecule has 1 aromatic rings. The van der Waals surface area contributed by atoms with Crippen LogP contribution in [0.4, 0.5) is 0 Å². The highest BCUT2D eigenvalue weighted by Crippen LogP contribution is 2.05. The van der Waals surface area contributed by atoms with Gasteiger partial charge in [0.1, 0.15) is 5.69 Å². The van der Waals surface area contributed by atoms with Gasteiger partial charge in [0.25, 0.3) is 0 Å². The van der Waals surface area contributed by atoms with Crippen LogP contribution in [0, 0.1) is 0 Å². The lowest BCUT2D eigenvalue weighted by Gasteiger charge is -2.05. The Labute approximate surface area is 87.1 Å². The van der Waals surface area contributed by atoms with E-state index in [1.165, 1.54) is 7.11 Å². The summed E-state index contributed by atoms with van der Waals surface area (Å²) in [4.78, 5) is 13.9. The second-order valence-corrected chi connectivity index (χ2v) is 2.89. The van der Waals surface area contributed by atoms with Crippen LogP contribution in [-0.4, -0.2) is 24.2 Å². The number of hydrogen-bond acceptors (Lipinski definition) is 3. The number of azide groups is 1. The molecule has 0 aromatic carbocycles. The minimum atomic E-state index is -0.358. The molecule has 0 radical (unpaired) electrons. The molecule has 0 aliphatic carbocycles. The molecule has 0 amide bonds. The molecule has 0 fully saturated rings. The molecule has 80 valence electrons. The normalized spacial score (nSPS) is 9.40. The molecule has 0 atom stereocenters. The maximum Gasteiger partial charge on any atom is 0.354 e. The van der Waals surface area contributed by atoms with E-state index in [1.54, 1.807) is 22.9 Å². The maximum absolute atomic E-state index is 11.3. The van der Waals surface area contributed by atoms with Crippen molar-refractivity contribution < 1.29 is 9.53 Å². The highest BCUT2D eigenvalue weighted by molar-refractivity contribution is 5.87. The number of carbonyl (C=O) groups excluding carboxylic acids is 1. The fraction of sp³-hybridized carbons (Fsp3) is 0.444. The van der Waals surface area contributed by atoms with Crippen molar-refractivity contribution in [2.24, 2.45) is 5.11 Å². The zero-order valence-electron chi connectivity index (χ0n) is 8.46. The lowest BCUT2D eigenvalue weighted by molar-refractivity contribution is 0.0588. The van der Waals surface area contributed by atoms with Gasteiger partial charge < -0.3 is 9.30 Å². The minimum Gasteiger partial charge on any atom is -0.464 e. The van der Waals surface area contributed by atoms with E-state index in [0.29, 0.717) is 25.2 Å². The van der Waals surface area contributed by atoms with Gasteiger partial charge in [-0.1, -0.05) is 5.11 Å². The Morgan fingerprint density at radius 1 is 1.73 bits per heavy atom. The first-order valence-electron chi connectivity index (χ1n) is 4.54. The van der Waals surface area contributed by atoms with Gasteiger partial charge in [0.15, 0.2) is 0 Å². The van der Waals surface area contributed by atoms with Gasteiger partial charge in [-0.3, -0.25) is 0 Å². The van der Waals surface area contributed by atoms with Crippen LogP contribution < -0.4 is 0 Å². The quantitative estimate of drug-likeness (QED) is 0.244. The second kappa shape index (κ2) is 5.72. The Hall–Kier alpha value is -1.94. The summed E-state index contributed by atoms with van der Waals surface area (Å²) >= 11 is 0. The molecule has 1 rings (SSSR count). The Kier molecular flexibility index (Phi) is 4.25. The van der Waals surface area contributed by atoms with Gasteiger partial charge in [-0.2, -0.15) is 0 Å². The van der Waals surface area contributed by atoms with E-state index in [0.717, 1.165) is 0 Å². The summed E-state index contributed by atoms with van der Waals surface area (Å²) < 4.78 is 6.40. The number of methoxy groups -OCH3 is 1. The fourth-order valence-electron chi connectivity index (χ4n) is 1.26. The molecule has 0 spiro atoms. The van der Waals surface area contributed by atoms with Gasteiger partial charge in [-0.15, -0.1) is 0 Å². The van der Waals surface area contributed by atoms with Crippen molar-refractivity contribution in [1.29, 1.82) is 0 Å². The van der Waals surface area contributed by atoms with Crippen molar-refractivity contribution in [3.05, 3.63) is 34.5 Å². The smallest absolute Gasteiger partial charge is 0.354 e. The number of ether oxygens (including phenoxy) is 1. The Balaban J connectivity index is 2.57. The third-order valence-electron chi connectivity index (χ3n) is 1.94. The van der Waals surface area contributed by atoms with Crippen molar-refractivity contribution >= 4 is 5.97 Å². The van der Waals surface area contributed by atoms with Crippen LogP contribution in [0.1, 0.15) is 16.9 Å². The number of aryl methyl sites for hydroxylation is 1. The lowest BCUT2D eigenvalue weighted by Crippen LogP contribution is -2.10. The molecule has 1 heterocycles. The molecule has 0 bridgehead atoms. The third-order valence-corrected chi connectivity index (χ3v) is 1.94. The van der Waals surface area contributed by atoms with Gasteiger partial charge in [0, 0.05) is 24.2 Å². The van der Waals surface area contributed by atoms with Crippen LogP contribution in [0.2, 0.25) is 0 Å². The highest BCUT2D eigenvalue weighted by Gasteiger charge is 2.09. The second-order valence-electron chi connectivity index (χ2n) is 2.89. The molecule has 15 heavy (non-hydrogen) atoms. The number of esters is 1. The monoisotopic (exact) mass is 208 g/mol. The summed E-state index contributed by atoms with van der Waals surface area (Å²) in [6.45, 7) is 1.06. The van der Waals surface area contributed by atoms with Crippen molar-refractivity contribution in [3.63, 3.8) is 0 Å². The zero-order chi connectivity index (χ0) is 11.1. The van der Waals surface area contributed by atoms with Crippen LogP contribution in [0.3, 0.4) is 0 Å². The topological polar surface area (TPSA) is 80.0 Å². The van der Waals surface area contributed by atoms with Gasteiger partial charge in [0.05, 0.1) is 7.11 Å². The summed E-state index contributed by atoms with van der Waals surface area (Å²) in [5.41, 5.74) is 8.59. The van der Waals surface area contributed by atoms with Crippen LogP contribution in [0.5, 0.6) is 0 Å². The van der Waals surface area contributed by atoms with E-state index < -0.39 is 0 Å². The first kappa shape index (κ1) is 11.1. The first-order chi connectivity index (χ1) is 7.29. The lowest BCUT2D eigenvalue weighted by atomic mass is 10.4. The number of nitrogens with zero attached hydrogens (tertiary/aromatic N) is 4. The standard InChI is InChI=1S/C9H12N4O2/c1-15-9(14)8-4-2-6-13(8)7-3-5-11-12-10/h2,4,6H,3,5,7H2,1H3. The summed E-state index contributed by atoms with van der Waals surface area (Å²) in [5.74, 6) is -0.358. The third kappa shape index (κ3) is 3.03. The molecule has 1 aromatic heterocycles. The molecule has 0 saturated heterocycles. The Morgan fingerprint density at radius 3 is 3.20 bits per heavy atom. The van der Waals surface area contributed by atoms with E-state index in [4.69, 9.17) is 5.53 Å². The molecular formula is C9H12N4O2. The maximum atomic E-state index is 11.3. The number of carbonyl (C=O) groups is 1. The van der Waals surface area contributed by atoms with Crippen molar-refractivity contribution in [2.75, 3.05) is 13.7 Å². The molecule has 0 aliphatic heterocycles. The van der Waals surface area contributed by atoms with Crippen molar-refractivity contribution in [3.8, 4) is 0 Å². The average Bonchev–Trinajstić information content (AvgIpc) is 2.71. The summed E-state index contributed by atoms with van der Waals surface area (Å²) in [7, 11) is 1.35. The minimum absolute atomic E-state index is 0.358. The fourth-order valence-corrected chi connectivity index (χ4v) is 1.26. The molecule has 0 unspecified atom stereocenters. The molecular weight excluding hydrogens is 196 g/mol.